The van der Waals surface area contributed by atoms with Gasteiger partial charge in [-0.2, -0.15) is 0 Å². The summed E-state index contributed by atoms with van der Waals surface area (Å²) in [6, 6.07) is 1.45. The summed E-state index contributed by atoms with van der Waals surface area (Å²) in [6.45, 7) is 20.4. The van der Waals surface area contributed by atoms with Crippen LogP contribution in [0.1, 0.15) is 30.1 Å². The van der Waals surface area contributed by atoms with Gasteiger partial charge in [0, 0.05) is 30.2 Å². The maximum atomic E-state index is 10.9. The molecule has 0 aromatic carbocycles. The molecule has 0 bridgehead atoms. The molecule has 1 aromatic heterocycles. The maximum absolute atomic E-state index is 10.9. The van der Waals surface area contributed by atoms with Crippen LogP contribution < -0.4 is 0 Å². The van der Waals surface area contributed by atoms with E-state index >= 15 is 0 Å². The maximum Gasteiger partial charge on any atom is 0.358 e. The van der Waals surface area contributed by atoms with Gasteiger partial charge in [0.15, 0.2) is 5.69 Å². The van der Waals surface area contributed by atoms with Gasteiger partial charge in [-0.1, -0.05) is 57.0 Å². The molecule has 0 aliphatic carbocycles. The fourth-order valence-electron chi connectivity index (χ4n) is 2.08. The quantitative estimate of drug-likeness (QED) is 0.319. The van der Waals surface area contributed by atoms with Crippen LogP contribution in [0.4, 0.5) is 0 Å². The van der Waals surface area contributed by atoms with E-state index in [-0.39, 0.29) is 11.1 Å². The van der Waals surface area contributed by atoms with Crippen molar-refractivity contribution in [3.05, 3.63) is 79.4 Å². The lowest BCUT2D eigenvalue weighted by molar-refractivity contribution is 0.0685. The molecule has 0 aliphatic heterocycles. The molecule has 1 heterocycles. The summed E-state index contributed by atoms with van der Waals surface area (Å²) in [7, 11) is 0. The van der Waals surface area contributed by atoms with E-state index < -0.39 is 5.97 Å². The van der Waals surface area contributed by atoms with E-state index in [1.165, 1.54) is 6.07 Å². The summed E-state index contributed by atoms with van der Waals surface area (Å²) in [5.41, 5.74) is 1.61. The van der Waals surface area contributed by atoms with Crippen LogP contribution in [0.25, 0.3) is 0 Å². The van der Waals surface area contributed by atoms with Gasteiger partial charge in [-0.05, 0) is 23.6 Å². The van der Waals surface area contributed by atoms with Crippen LogP contribution in [0, 0.1) is 5.41 Å². The molecule has 26 heavy (non-hydrogen) atoms. The number of hydrogen-bond donors (Lipinski definition) is 1. The third-order valence-corrected chi connectivity index (χ3v) is 4.70. The van der Waals surface area contributed by atoms with Gasteiger partial charge in [-0.25, -0.2) is 4.79 Å². The monoisotopic (exact) mass is 374 g/mol. The smallest absolute Gasteiger partial charge is 0.358 e. The second-order valence-corrected chi connectivity index (χ2v) is 7.36. The van der Waals surface area contributed by atoms with Crippen molar-refractivity contribution < 1.29 is 14.4 Å². The predicted octanol–water partition coefficient (Wildman–Crippen LogP) is 4.89. The van der Waals surface area contributed by atoms with Gasteiger partial charge in [0.25, 0.3) is 0 Å². The fourth-order valence-corrected chi connectivity index (χ4v) is 3.34. The third-order valence-electron chi connectivity index (χ3n) is 3.67. The van der Waals surface area contributed by atoms with Crippen LogP contribution in [-0.2, 0) is 6.42 Å². The molecular formula is C20H26N2O3S. The number of nitrogens with zero attached hydrogens (tertiary/aromatic N) is 2. The van der Waals surface area contributed by atoms with Gasteiger partial charge < -0.3 is 13.9 Å². The third kappa shape index (κ3) is 6.11. The van der Waals surface area contributed by atoms with E-state index in [4.69, 9.17) is 9.63 Å². The largest absolute Gasteiger partial charge is 0.476 e. The first-order valence-electron chi connectivity index (χ1n) is 8.12. The molecule has 6 heteroatoms. The number of rotatable bonds is 12. The van der Waals surface area contributed by atoms with Gasteiger partial charge in [0.05, 0.1) is 5.70 Å². The van der Waals surface area contributed by atoms with Crippen LogP contribution in [0.15, 0.2) is 72.5 Å². The minimum absolute atomic E-state index is 0.0816. The molecule has 5 nitrogen and oxygen atoms in total. The van der Waals surface area contributed by atoms with Crippen molar-refractivity contribution in [1.82, 2.24) is 9.46 Å². The topological polar surface area (TPSA) is 66.6 Å². The Morgan fingerprint density at radius 3 is 2.42 bits per heavy atom. The number of aryl methyl sites for hydroxylation is 1. The minimum Gasteiger partial charge on any atom is -0.476 e. The molecule has 1 aromatic rings. The molecule has 0 aliphatic rings. The molecule has 0 radical (unpaired) electrons. The van der Waals surface area contributed by atoms with E-state index in [1.807, 2.05) is 6.08 Å². The Bertz CT molecular complexity index is 706. The molecule has 140 valence electrons. The summed E-state index contributed by atoms with van der Waals surface area (Å²) in [6.07, 6.45) is 7.74. The number of carbonyl (C=O) groups is 1. The molecule has 0 saturated heterocycles. The van der Waals surface area contributed by atoms with Crippen molar-refractivity contribution in [2.45, 2.75) is 20.3 Å². The van der Waals surface area contributed by atoms with Crippen LogP contribution in [-0.4, -0.2) is 32.8 Å². The van der Waals surface area contributed by atoms with E-state index in [0.717, 1.165) is 11.3 Å². The molecular weight excluding hydrogens is 348 g/mol. The number of carboxylic acid groups (broad SMARTS) is 1. The van der Waals surface area contributed by atoms with E-state index in [1.54, 1.807) is 30.2 Å². The zero-order chi connectivity index (χ0) is 19.7. The molecule has 1 rings (SSSR count). The Labute approximate surface area is 159 Å². The highest BCUT2D eigenvalue weighted by atomic mass is 32.2. The van der Waals surface area contributed by atoms with Crippen LogP contribution in [0.5, 0.6) is 0 Å². The van der Waals surface area contributed by atoms with Gasteiger partial charge in [-0.3, -0.25) is 0 Å². The average molecular weight is 375 g/mol. The average Bonchev–Trinajstić information content (AvgIpc) is 3.08. The number of aromatic nitrogens is 1. The first-order valence-corrected chi connectivity index (χ1v) is 9.06. The van der Waals surface area contributed by atoms with Crippen molar-refractivity contribution >= 4 is 17.9 Å². The predicted molar refractivity (Wildman–Crippen MR) is 108 cm³/mol. The second kappa shape index (κ2) is 9.87. The zero-order valence-corrected chi connectivity index (χ0v) is 16.2. The first kappa shape index (κ1) is 21.6. The Hall–Kier alpha value is -2.47. The second-order valence-electron chi connectivity index (χ2n) is 6.25. The molecule has 1 N–H and O–H groups in total. The van der Waals surface area contributed by atoms with Crippen molar-refractivity contribution in [1.29, 1.82) is 0 Å². The van der Waals surface area contributed by atoms with E-state index in [9.17, 15) is 4.79 Å². The normalized spacial score (nSPS) is 10.7. The first-order chi connectivity index (χ1) is 12.3. The Morgan fingerprint density at radius 1 is 1.31 bits per heavy atom. The molecule has 0 atom stereocenters. The number of carboxylic acids is 1. The van der Waals surface area contributed by atoms with Crippen LogP contribution >= 0.6 is 11.9 Å². The summed E-state index contributed by atoms with van der Waals surface area (Å²) in [4.78, 5) is 10.9. The van der Waals surface area contributed by atoms with Crippen molar-refractivity contribution in [3.8, 4) is 0 Å². The van der Waals surface area contributed by atoms with Crippen molar-refractivity contribution in [2.24, 2.45) is 5.41 Å². The Balaban J connectivity index is 2.94. The Kier molecular flexibility index (Phi) is 8.19. The molecule has 0 fully saturated rings. The highest BCUT2D eigenvalue weighted by Gasteiger charge is 2.21. The summed E-state index contributed by atoms with van der Waals surface area (Å²) >= 11 is 1.59. The van der Waals surface area contributed by atoms with Crippen molar-refractivity contribution in [3.63, 3.8) is 0 Å². The standard InChI is InChI=1S/C20H26N2O3S/c1-7-15(8-2)18(9-3)22(14-20(5,6)10-4)26-12-11-16-13-17(19(23)24)21-25-16/h7-10,13H,1-4,11-12,14H2,5-6H3,(H,23,24). The lowest BCUT2D eigenvalue weighted by atomic mass is 9.93. The Morgan fingerprint density at radius 2 is 1.96 bits per heavy atom. The molecule has 0 amide bonds. The van der Waals surface area contributed by atoms with Crippen molar-refractivity contribution in [2.75, 3.05) is 12.3 Å². The van der Waals surface area contributed by atoms with Gasteiger partial charge >= 0.3 is 5.97 Å². The molecule has 0 spiro atoms. The molecule has 0 saturated carbocycles. The highest BCUT2D eigenvalue weighted by molar-refractivity contribution is 7.97. The lowest BCUT2D eigenvalue weighted by Crippen LogP contribution is -2.28. The van der Waals surface area contributed by atoms with E-state index in [2.05, 4.69) is 49.6 Å². The lowest BCUT2D eigenvalue weighted by Gasteiger charge is -2.32. The number of hydrogen-bond acceptors (Lipinski definition) is 5. The molecule has 0 unspecified atom stereocenters. The highest BCUT2D eigenvalue weighted by Crippen LogP contribution is 2.29. The van der Waals surface area contributed by atoms with E-state index in [0.29, 0.717) is 24.5 Å². The van der Waals surface area contributed by atoms with Gasteiger partial charge in [0.2, 0.25) is 0 Å². The minimum atomic E-state index is -1.10. The summed E-state index contributed by atoms with van der Waals surface area (Å²) in [5, 5.41) is 12.4. The zero-order valence-electron chi connectivity index (χ0n) is 15.4. The van der Waals surface area contributed by atoms with Crippen LogP contribution in [0.3, 0.4) is 0 Å². The number of allylic oxidation sites excluding steroid dienone is 4. The number of aromatic carboxylic acids is 1. The van der Waals surface area contributed by atoms with Crippen LogP contribution in [0.2, 0.25) is 0 Å². The fraction of sp³-hybridized carbons (Fsp3) is 0.300. The van der Waals surface area contributed by atoms with Gasteiger partial charge in [0.1, 0.15) is 5.76 Å². The SMILES string of the molecule is C=CC(C=C)=C(C=C)N(CC(C)(C)C=C)SCCc1cc(C(=O)O)no1. The summed E-state index contributed by atoms with van der Waals surface area (Å²) < 4.78 is 7.19. The van der Waals surface area contributed by atoms with Gasteiger partial charge in [-0.15, -0.1) is 6.58 Å². The summed E-state index contributed by atoms with van der Waals surface area (Å²) in [5.74, 6) is 0.121.